The maximum atomic E-state index is 9.81. The lowest BCUT2D eigenvalue weighted by Gasteiger charge is -2.55. The van der Waals surface area contributed by atoms with Gasteiger partial charge in [0, 0.05) is 17.2 Å². The first-order valence-corrected chi connectivity index (χ1v) is 11.7. The number of alkyl halides is 1. The van der Waals surface area contributed by atoms with E-state index < -0.39 is 0 Å². The number of halogens is 1. The van der Waals surface area contributed by atoms with E-state index in [-0.39, 0.29) is 14.7 Å². The Labute approximate surface area is 186 Å². The summed E-state index contributed by atoms with van der Waals surface area (Å²) in [6.07, 6.45) is 14.7. The summed E-state index contributed by atoms with van der Waals surface area (Å²) in [7, 11) is 0. The second kappa shape index (κ2) is 9.23. The fraction of sp³-hybridized carbons (Fsp3) is 0.600. The van der Waals surface area contributed by atoms with Crippen LogP contribution in [0.5, 0.6) is 0 Å². The molecule has 2 nitrogen and oxygen atoms in total. The third-order valence-corrected chi connectivity index (χ3v) is 9.09. The Hall–Kier alpha value is -0.970. The Kier molecular flexibility index (Phi) is 7.69. The second-order valence-corrected chi connectivity index (χ2v) is 11.2. The van der Waals surface area contributed by atoms with Crippen molar-refractivity contribution in [3.63, 3.8) is 0 Å². The number of hydrogen-bond donors (Lipinski definition) is 2. The molecule has 2 aliphatic rings. The van der Waals surface area contributed by atoms with Crippen LogP contribution in [-0.4, -0.2) is 14.1 Å². The van der Waals surface area contributed by atoms with Crippen LogP contribution in [0.1, 0.15) is 73.6 Å². The average Bonchev–Trinajstić information content (AvgIpc) is 2.59. The van der Waals surface area contributed by atoms with Crippen molar-refractivity contribution in [1.29, 1.82) is 0 Å². The first-order valence-electron chi connectivity index (χ1n) is 10.6. The van der Waals surface area contributed by atoms with Gasteiger partial charge >= 0.3 is 0 Å². The van der Waals surface area contributed by atoms with Crippen molar-refractivity contribution < 1.29 is 5.11 Å². The molecule has 1 heterocycles. The molecule has 0 fully saturated rings. The van der Waals surface area contributed by atoms with Gasteiger partial charge in [0.1, 0.15) is 5.76 Å². The lowest BCUT2D eigenvalue weighted by Crippen LogP contribution is -2.62. The van der Waals surface area contributed by atoms with Crippen LogP contribution >= 0.6 is 22.6 Å². The van der Waals surface area contributed by atoms with E-state index in [4.69, 9.17) is 0 Å². The van der Waals surface area contributed by atoms with E-state index in [9.17, 15) is 5.11 Å². The van der Waals surface area contributed by atoms with Crippen LogP contribution in [0.2, 0.25) is 0 Å². The average molecular weight is 495 g/mol. The van der Waals surface area contributed by atoms with Crippen molar-refractivity contribution in [3.05, 3.63) is 59.1 Å². The molecule has 0 unspecified atom stereocenters. The molecule has 3 atom stereocenters. The largest absolute Gasteiger partial charge is 0.509 e. The van der Waals surface area contributed by atoms with Gasteiger partial charge in [0.2, 0.25) is 0 Å². The molecule has 0 radical (unpaired) electrons. The van der Waals surface area contributed by atoms with Gasteiger partial charge in [-0.15, -0.1) is 0 Å². The fourth-order valence-electron chi connectivity index (χ4n) is 4.43. The van der Waals surface area contributed by atoms with Gasteiger partial charge in [-0.25, -0.2) is 0 Å². The van der Waals surface area contributed by atoms with E-state index in [2.05, 4.69) is 94.3 Å². The highest BCUT2D eigenvalue weighted by Gasteiger charge is 2.53. The molecule has 0 amide bonds. The minimum atomic E-state index is -0.0220. The molecule has 28 heavy (non-hydrogen) atoms. The Morgan fingerprint density at radius 3 is 2.75 bits per heavy atom. The van der Waals surface area contributed by atoms with E-state index in [1.807, 2.05) is 0 Å². The van der Waals surface area contributed by atoms with Crippen LogP contribution in [0.4, 0.5) is 0 Å². The molecule has 0 aromatic heterocycles. The predicted molar refractivity (Wildman–Crippen MR) is 131 cm³/mol. The van der Waals surface area contributed by atoms with Gasteiger partial charge in [0.15, 0.2) is 0 Å². The predicted octanol–water partition coefficient (Wildman–Crippen LogP) is 7.55. The molecule has 2 N–H and O–H groups in total. The zero-order chi connectivity index (χ0) is 21.1. The zero-order valence-corrected chi connectivity index (χ0v) is 20.7. The topological polar surface area (TPSA) is 32.3 Å². The quantitative estimate of drug-likeness (QED) is 0.126. The van der Waals surface area contributed by atoms with Gasteiger partial charge in [-0.3, -0.25) is 0 Å². The van der Waals surface area contributed by atoms with Gasteiger partial charge in [-0.1, -0.05) is 67.2 Å². The van der Waals surface area contributed by atoms with Crippen LogP contribution in [0, 0.1) is 11.8 Å². The molecule has 3 heteroatoms. The zero-order valence-electron chi connectivity index (χ0n) is 18.5. The molecule has 2 rings (SSSR count). The van der Waals surface area contributed by atoms with E-state index in [1.165, 1.54) is 29.7 Å². The van der Waals surface area contributed by atoms with E-state index in [1.54, 1.807) is 6.08 Å². The third-order valence-electron chi connectivity index (χ3n) is 6.53. The maximum Gasteiger partial charge on any atom is 0.108 e. The maximum absolute atomic E-state index is 9.81. The molecule has 0 aromatic rings. The van der Waals surface area contributed by atoms with E-state index in [0.29, 0.717) is 5.92 Å². The molecule has 0 spiro atoms. The number of hydrogen-bond acceptors (Lipinski definition) is 2. The summed E-state index contributed by atoms with van der Waals surface area (Å²) in [5.41, 5.74) is 5.01. The first kappa shape index (κ1) is 23.3. The minimum Gasteiger partial charge on any atom is -0.509 e. The van der Waals surface area contributed by atoms with Crippen LogP contribution < -0.4 is 5.32 Å². The fourth-order valence-corrected chi connectivity index (χ4v) is 5.32. The summed E-state index contributed by atoms with van der Waals surface area (Å²) in [5, 5.41) is 13.7. The number of aliphatic hydroxyl groups is 1. The highest BCUT2D eigenvalue weighted by molar-refractivity contribution is 14.1. The highest BCUT2D eigenvalue weighted by Crippen LogP contribution is 2.54. The summed E-state index contributed by atoms with van der Waals surface area (Å²) >= 11 is 2.69. The highest BCUT2D eigenvalue weighted by atomic mass is 127. The monoisotopic (exact) mass is 495 g/mol. The summed E-state index contributed by atoms with van der Waals surface area (Å²) in [4.78, 5) is 0. The number of nitrogens with one attached hydrogen (secondary N) is 1. The molecule has 156 valence electrons. The molecular weight excluding hydrogens is 457 g/mol. The Bertz CT molecular complexity index is 725. The van der Waals surface area contributed by atoms with Crippen molar-refractivity contribution in [3.8, 4) is 0 Å². The lowest BCUT2D eigenvalue weighted by molar-refractivity contribution is 0.247. The molecule has 0 saturated carbocycles. The van der Waals surface area contributed by atoms with Gasteiger partial charge in [0.05, 0.1) is 3.42 Å². The second-order valence-electron chi connectivity index (χ2n) is 9.24. The van der Waals surface area contributed by atoms with Gasteiger partial charge in [-0.2, -0.15) is 0 Å². The van der Waals surface area contributed by atoms with Gasteiger partial charge in [-0.05, 0) is 82.6 Å². The van der Waals surface area contributed by atoms with Crippen molar-refractivity contribution in [2.45, 2.75) is 82.6 Å². The smallest absolute Gasteiger partial charge is 0.108 e. The van der Waals surface area contributed by atoms with Crippen molar-refractivity contribution in [2.24, 2.45) is 11.8 Å². The minimum absolute atomic E-state index is 0.0220. The van der Waals surface area contributed by atoms with Gasteiger partial charge in [0.25, 0.3) is 0 Å². The third kappa shape index (κ3) is 4.95. The lowest BCUT2D eigenvalue weighted by atomic mass is 9.64. The van der Waals surface area contributed by atoms with Crippen molar-refractivity contribution in [2.75, 3.05) is 0 Å². The van der Waals surface area contributed by atoms with Crippen LogP contribution in [-0.2, 0) is 0 Å². The van der Waals surface area contributed by atoms with Crippen LogP contribution in [0.3, 0.4) is 0 Å². The molecule has 0 saturated heterocycles. The normalized spacial score (nSPS) is 28.6. The summed E-state index contributed by atoms with van der Waals surface area (Å²) in [6, 6.07) is 0. The standard InChI is InChI=1S/C25H38INO/c1-8-17(2)11-9-10-12-22-23(19(4)16-20(5)28)21-15-18(3)13-14-25(21,26)24(6,7)27-22/h10,12,15-17,21,27-28H,5,8-9,11,13-14H2,1-4,6-7H3/b12-10+,19-16+/t17-,21+,25-/m0/s1. The SMILES string of the molecule is C=C(O)/C=C(\C)C1=C(/C=C/CC[C@@H](C)CC)NC(C)(C)[C@]2(I)CCC(C)=C[C@H]12. The van der Waals surface area contributed by atoms with Crippen LogP contribution in [0.25, 0.3) is 0 Å². The van der Waals surface area contributed by atoms with Crippen molar-refractivity contribution >= 4 is 22.6 Å². The Balaban J connectivity index is 2.53. The summed E-state index contributed by atoms with van der Waals surface area (Å²) < 4.78 is 0.0968. The Morgan fingerprint density at radius 2 is 2.14 bits per heavy atom. The molecule has 0 bridgehead atoms. The summed E-state index contributed by atoms with van der Waals surface area (Å²) in [5.74, 6) is 1.20. The number of fused-ring (bicyclic) bond motifs is 1. The molecule has 1 aliphatic carbocycles. The van der Waals surface area contributed by atoms with Crippen LogP contribution in [0.15, 0.2) is 59.1 Å². The number of aliphatic hydroxyl groups excluding tert-OH is 1. The number of allylic oxidation sites excluding steroid dienone is 7. The van der Waals surface area contributed by atoms with E-state index in [0.717, 1.165) is 30.8 Å². The Morgan fingerprint density at radius 1 is 1.46 bits per heavy atom. The number of rotatable bonds is 7. The van der Waals surface area contributed by atoms with Crippen molar-refractivity contribution in [1.82, 2.24) is 5.32 Å². The molecular formula is C25H38INO. The van der Waals surface area contributed by atoms with E-state index >= 15 is 0 Å². The van der Waals surface area contributed by atoms with Gasteiger partial charge < -0.3 is 10.4 Å². The molecule has 0 aromatic carbocycles. The first-order chi connectivity index (χ1) is 13.0. The summed E-state index contributed by atoms with van der Waals surface area (Å²) in [6.45, 7) is 17.3. The molecule has 1 aliphatic heterocycles.